The smallest absolute Gasteiger partial charge is 0.350 e. The monoisotopic (exact) mass is 270 g/mol. The fourth-order valence-corrected chi connectivity index (χ4v) is 2.81. The summed E-state index contributed by atoms with van der Waals surface area (Å²) in [6, 6.07) is 2.16. The lowest BCUT2D eigenvalue weighted by Gasteiger charge is -2.17. The third kappa shape index (κ3) is 3.91. The molecular weight excluding hydrogens is 248 g/mol. The summed E-state index contributed by atoms with van der Waals surface area (Å²) in [4.78, 5) is 11.9. The van der Waals surface area contributed by atoms with Crippen LogP contribution < -0.4 is 11.1 Å². The van der Waals surface area contributed by atoms with Crippen molar-refractivity contribution in [3.05, 3.63) is 10.9 Å². The highest BCUT2D eigenvalue weighted by molar-refractivity contribution is 7.18. The van der Waals surface area contributed by atoms with E-state index < -0.39 is 0 Å². The molecule has 0 aliphatic rings. The van der Waals surface area contributed by atoms with E-state index in [0.717, 1.165) is 11.4 Å². The molecule has 102 valence electrons. The predicted octanol–water partition coefficient (Wildman–Crippen LogP) is 3.35. The first-order chi connectivity index (χ1) is 8.47. The predicted molar refractivity (Wildman–Crippen MR) is 77.2 cm³/mol. The van der Waals surface area contributed by atoms with Crippen LogP contribution in [-0.2, 0) is 4.74 Å². The van der Waals surface area contributed by atoms with Gasteiger partial charge in [0.25, 0.3) is 0 Å². The molecule has 0 radical (unpaired) electrons. The molecule has 0 aliphatic heterocycles. The Kier molecular flexibility index (Phi) is 5.47. The van der Waals surface area contributed by atoms with Crippen LogP contribution in [0.25, 0.3) is 0 Å². The van der Waals surface area contributed by atoms with Crippen molar-refractivity contribution in [3.63, 3.8) is 0 Å². The molecule has 0 aromatic carbocycles. The number of carbonyl (C=O) groups excluding carboxylic acids is 1. The van der Waals surface area contributed by atoms with Crippen LogP contribution in [0.4, 0.5) is 10.7 Å². The Bertz CT molecular complexity index is 404. The van der Waals surface area contributed by atoms with E-state index in [0.29, 0.717) is 22.5 Å². The zero-order valence-electron chi connectivity index (χ0n) is 11.4. The lowest BCUT2D eigenvalue weighted by molar-refractivity contribution is 0.0607. The number of nitrogen functional groups attached to an aromatic ring is 1. The molecule has 0 bridgehead atoms. The van der Waals surface area contributed by atoms with Crippen molar-refractivity contribution in [2.45, 2.75) is 39.7 Å². The number of carbonyl (C=O) groups is 1. The van der Waals surface area contributed by atoms with Gasteiger partial charge in [0, 0.05) is 6.04 Å². The molecule has 1 aromatic rings. The molecule has 1 heterocycles. The second-order valence-corrected chi connectivity index (χ2v) is 5.73. The van der Waals surface area contributed by atoms with Crippen molar-refractivity contribution in [2.75, 3.05) is 18.2 Å². The van der Waals surface area contributed by atoms with Gasteiger partial charge in [-0.25, -0.2) is 4.79 Å². The molecule has 5 heteroatoms. The minimum Gasteiger partial charge on any atom is -0.465 e. The zero-order valence-corrected chi connectivity index (χ0v) is 12.3. The molecule has 0 fully saturated rings. The van der Waals surface area contributed by atoms with Crippen molar-refractivity contribution in [1.29, 1.82) is 0 Å². The number of hydrogen-bond acceptors (Lipinski definition) is 5. The highest BCUT2D eigenvalue weighted by Crippen LogP contribution is 2.30. The van der Waals surface area contributed by atoms with E-state index in [9.17, 15) is 4.79 Å². The molecule has 0 saturated heterocycles. The van der Waals surface area contributed by atoms with Gasteiger partial charge >= 0.3 is 5.97 Å². The molecule has 18 heavy (non-hydrogen) atoms. The van der Waals surface area contributed by atoms with Gasteiger partial charge in [0.1, 0.15) is 4.88 Å². The van der Waals surface area contributed by atoms with Crippen molar-refractivity contribution < 1.29 is 9.53 Å². The zero-order chi connectivity index (χ0) is 13.7. The first-order valence-corrected chi connectivity index (χ1v) is 7.03. The van der Waals surface area contributed by atoms with Gasteiger partial charge in [0.2, 0.25) is 0 Å². The van der Waals surface area contributed by atoms with Crippen LogP contribution >= 0.6 is 11.3 Å². The van der Waals surface area contributed by atoms with Crippen LogP contribution in [0, 0.1) is 5.92 Å². The van der Waals surface area contributed by atoms with E-state index in [1.165, 1.54) is 24.9 Å². The largest absolute Gasteiger partial charge is 0.465 e. The number of nitrogens with two attached hydrogens (primary N) is 1. The average Bonchev–Trinajstić information content (AvgIpc) is 2.68. The molecule has 4 nitrogen and oxygen atoms in total. The van der Waals surface area contributed by atoms with Gasteiger partial charge in [-0.2, -0.15) is 0 Å². The second-order valence-electron chi connectivity index (χ2n) is 4.68. The topological polar surface area (TPSA) is 64.3 Å². The maximum absolute atomic E-state index is 11.4. The van der Waals surface area contributed by atoms with Crippen molar-refractivity contribution >= 4 is 28.0 Å². The molecule has 0 aliphatic carbocycles. The summed E-state index contributed by atoms with van der Waals surface area (Å²) in [7, 11) is 1.36. The summed E-state index contributed by atoms with van der Waals surface area (Å²) >= 11 is 1.34. The Hall–Kier alpha value is -1.23. The average molecular weight is 270 g/mol. The molecule has 2 unspecified atom stereocenters. The van der Waals surface area contributed by atoms with Crippen LogP contribution in [0.15, 0.2) is 6.07 Å². The number of hydrogen-bond donors (Lipinski definition) is 2. The van der Waals surface area contributed by atoms with Crippen LogP contribution in [0.1, 0.15) is 43.3 Å². The third-order valence-corrected chi connectivity index (χ3v) is 4.04. The molecule has 3 N–H and O–H groups in total. The quantitative estimate of drug-likeness (QED) is 0.778. The normalized spacial score (nSPS) is 14.0. The van der Waals surface area contributed by atoms with Crippen LogP contribution in [0.5, 0.6) is 0 Å². The maximum atomic E-state index is 11.4. The van der Waals surface area contributed by atoms with E-state index in [1.807, 2.05) is 0 Å². The second kappa shape index (κ2) is 6.64. The van der Waals surface area contributed by atoms with E-state index in [2.05, 4.69) is 30.8 Å². The Morgan fingerprint density at radius 2 is 2.22 bits per heavy atom. The lowest BCUT2D eigenvalue weighted by Crippen LogP contribution is -2.17. The lowest BCUT2D eigenvalue weighted by atomic mass is 10.0. The van der Waals surface area contributed by atoms with Crippen molar-refractivity contribution in [1.82, 2.24) is 0 Å². The Morgan fingerprint density at radius 3 is 2.78 bits per heavy atom. The van der Waals surface area contributed by atoms with Gasteiger partial charge in [-0.15, -0.1) is 11.3 Å². The Morgan fingerprint density at radius 1 is 1.56 bits per heavy atom. The minimum absolute atomic E-state index is 0.364. The van der Waals surface area contributed by atoms with Crippen LogP contribution in [-0.4, -0.2) is 19.1 Å². The van der Waals surface area contributed by atoms with Gasteiger partial charge < -0.3 is 15.8 Å². The summed E-state index contributed by atoms with van der Waals surface area (Å²) in [6.07, 6.45) is 2.27. The molecule has 0 saturated carbocycles. The molecule has 1 aromatic heterocycles. The number of rotatable bonds is 6. The number of thiophene rings is 1. The SMILES string of the molecule is CCC(C)CC(C)Nc1cc(N)c(C(=O)OC)s1. The number of ether oxygens (including phenoxy) is 1. The van der Waals surface area contributed by atoms with Gasteiger partial charge in [-0.3, -0.25) is 0 Å². The summed E-state index contributed by atoms with van der Waals surface area (Å²) in [5.41, 5.74) is 6.27. The molecule has 1 rings (SSSR count). The Balaban J connectivity index is 2.65. The van der Waals surface area contributed by atoms with E-state index in [4.69, 9.17) is 5.73 Å². The molecular formula is C13H22N2O2S. The van der Waals surface area contributed by atoms with E-state index in [-0.39, 0.29) is 5.97 Å². The number of anilines is 2. The van der Waals surface area contributed by atoms with E-state index in [1.54, 1.807) is 6.07 Å². The number of nitrogens with one attached hydrogen (secondary N) is 1. The third-order valence-electron chi connectivity index (χ3n) is 2.97. The van der Waals surface area contributed by atoms with E-state index >= 15 is 0 Å². The molecule has 0 spiro atoms. The maximum Gasteiger partial charge on any atom is 0.350 e. The number of esters is 1. The van der Waals surface area contributed by atoms with Crippen LogP contribution in [0.3, 0.4) is 0 Å². The summed E-state index contributed by atoms with van der Waals surface area (Å²) < 4.78 is 4.68. The standard InChI is InChI=1S/C13H22N2O2S/c1-5-8(2)6-9(3)15-11-7-10(14)12(18-11)13(16)17-4/h7-9,15H,5-6,14H2,1-4H3. The Labute approximate surface area is 113 Å². The van der Waals surface area contributed by atoms with Crippen LogP contribution in [0.2, 0.25) is 0 Å². The molecule has 0 amide bonds. The van der Waals surface area contributed by atoms with Crippen molar-refractivity contribution in [3.8, 4) is 0 Å². The summed E-state index contributed by atoms with van der Waals surface area (Å²) in [6.45, 7) is 6.57. The minimum atomic E-state index is -0.375. The highest BCUT2D eigenvalue weighted by Gasteiger charge is 2.16. The fourth-order valence-electron chi connectivity index (χ4n) is 1.80. The summed E-state index contributed by atoms with van der Waals surface area (Å²) in [5, 5.41) is 4.30. The highest BCUT2D eigenvalue weighted by atomic mass is 32.1. The number of methoxy groups -OCH3 is 1. The van der Waals surface area contributed by atoms with Gasteiger partial charge in [0.15, 0.2) is 0 Å². The van der Waals surface area contributed by atoms with Crippen molar-refractivity contribution in [2.24, 2.45) is 5.92 Å². The first-order valence-electron chi connectivity index (χ1n) is 6.22. The van der Waals surface area contributed by atoms with Gasteiger partial charge in [-0.1, -0.05) is 20.3 Å². The fraction of sp³-hybridized carbons (Fsp3) is 0.615. The van der Waals surface area contributed by atoms with Gasteiger partial charge in [0.05, 0.1) is 17.8 Å². The summed E-state index contributed by atoms with van der Waals surface area (Å²) in [5.74, 6) is 0.310. The molecule has 2 atom stereocenters. The van der Waals surface area contributed by atoms with Gasteiger partial charge in [-0.05, 0) is 25.3 Å². The first kappa shape index (κ1) is 14.8.